The summed E-state index contributed by atoms with van der Waals surface area (Å²) in [5.41, 5.74) is 0. The molecule has 6 nitrogen and oxygen atoms in total. The number of guanidine groups is 1. The maximum absolute atomic E-state index is 12.2. The summed E-state index contributed by atoms with van der Waals surface area (Å²) in [6.45, 7) is 9.33. The molecule has 0 radical (unpaired) electrons. The van der Waals surface area contributed by atoms with E-state index in [9.17, 15) is 4.21 Å². The molecule has 1 aliphatic rings. The van der Waals surface area contributed by atoms with Crippen molar-refractivity contribution in [2.75, 3.05) is 46.1 Å². The molecule has 26 heavy (non-hydrogen) atoms. The highest BCUT2D eigenvalue weighted by Crippen LogP contribution is 2.23. The van der Waals surface area contributed by atoms with E-state index in [0.717, 1.165) is 56.9 Å². The van der Waals surface area contributed by atoms with Crippen LogP contribution < -0.4 is 10.6 Å². The third-order valence-electron chi connectivity index (χ3n) is 4.72. The van der Waals surface area contributed by atoms with E-state index in [1.54, 1.807) is 0 Å². The van der Waals surface area contributed by atoms with Crippen LogP contribution in [-0.2, 0) is 15.5 Å². The number of nitrogens with zero attached hydrogens (tertiary/aromatic N) is 2. The molecule has 0 saturated heterocycles. The number of hydrogen-bond acceptors (Lipinski definition) is 4. The first-order chi connectivity index (χ1) is 12.5. The smallest absolute Gasteiger partial charge is 0.191 e. The van der Waals surface area contributed by atoms with Gasteiger partial charge in [0.1, 0.15) is 0 Å². The summed E-state index contributed by atoms with van der Waals surface area (Å²) in [4.78, 5) is 6.95. The third-order valence-corrected chi connectivity index (χ3v) is 6.46. The van der Waals surface area contributed by atoms with E-state index in [0.29, 0.717) is 24.4 Å². The summed E-state index contributed by atoms with van der Waals surface area (Å²) in [5, 5.41) is 7.24. The van der Waals surface area contributed by atoms with Crippen LogP contribution in [-0.4, -0.2) is 78.6 Å². The fourth-order valence-electron chi connectivity index (χ4n) is 3.32. The van der Waals surface area contributed by atoms with Crippen molar-refractivity contribution in [3.8, 4) is 0 Å². The third kappa shape index (κ3) is 9.33. The number of rotatable bonds is 11. The first kappa shape index (κ1) is 23.4. The summed E-state index contributed by atoms with van der Waals surface area (Å²) in [6, 6.07) is 0.356. The van der Waals surface area contributed by atoms with Gasteiger partial charge in [0.05, 0.1) is 12.6 Å². The van der Waals surface area contributed by atoms with Gasteiger partial charge in [-0.05, 0) is 53.6 Å². The monoisotopic (exact) mass is 388 g/mol. The van der Waals surface area contributed by atoms with Crippen LogP contribution in [0.5, 0.6) is 0 Å². The van der Waals surface area contributed by atoms with Gasteiger partial charge in [-0.2, -0.15) is 0 Å². The van der Waals surface area contributed by atoms with Crippen molar-refractivity contribution < 1.29 is 8.95 Å². The molecule has 4 atom stereocenters. The van der Waals surface area contributed by atoms with E-state index in [1.165, 1.54) is 0 Å². The fourth-order valence-corrected chi connectivity index (χ4v) is 4.67. The summed E-state index contributed by atoms with van der Waals surface area (Å²) in [5.74, 6) is 1.61. The van der Waals surface area contributed by atoms with Crippen LogP contribution in [0.1, 0.15) is 52.9 Å². The Morgan fingerprint density at radius 1 is 1.31 bits per heavy atom. The van der Waals surface area contributed by atoms with Gasteiger partial charge in [-0.3, -0.25) is 9.20 Å². The number of aliphatic imine (C=N–C) groups is 1. The van der Waals surface area contributed by atoms with Crippen LogP contribution in [0.4, 0.5) is 0 Å². The predicted octanol–water partition coefficient (Wildman–Crippen LogP) is 1.98. The first-order valence-corrected chi connectivity index (χ1v) is 11.6. The summed E-state index contributed by atoms with van der Waals surface area (Å²) < 4.78 is 18.0. The molecule has 1 aliphatic carbocycles. The Balaban J connectivity index is 2.61. The average molecular weight is 389 g/mol. The van der Waals surface area contributed by atoms with Gasteiger partial charge in [0.15, 0.2) is 5.96 Å². The molecule has 1 saturated carbocycles. The van der Waals surface area contributed by atoms with E-state index >= 15 is 0 Å². The molecule has 0 aromatic heterocycles. The standard InChI is InChI=1S/C19H40N4O2S/c1-6-20-19(21-15-17(25-7-2)12-13-23(4)5)22-16-10-9-11-18(14-16)26(24)8-3/h16-18H,6-15H2,1-5H3,(H2,20,21,22). The largest absolute Gasteiger partial charge is 0.377 e. The van der Waals surface area contributed by atoms with E-state index < -0.39 is 10.8 Å². The second-order valence-electron chi connectivity index (χ2n) is 7.19. The zero-order chi connectivity index (χ0) is 19.4. The lowest BCUT2D eigenvalue weighted by atomic mass is 9.95. The molecule has 0 bridgehead atoms. The Bertz CT molecular complexity index is 432. The molecule has 1 rings (SSSR count). The van der Waals surface area contributed by atoms with Crippen molar-refractivity contribution in [3.05, 3.63) is 0 Å². The van der Waals surface area contributed by atoms with Crippen LogP contribution >= 0.6 is 0 Å². The summed E-state index contributed by atoms with van der Waals surface area (Å²) in [7, 11) is 3.46. The minimum absolute atomic E-state index is 0.143. The highest BCUT2D eigenvalue weighted by Gasteiger charge is 2.26. The number of nitrogens with one attached hydrogen (secondary N) is 2. The molecule has 0 heterocycles. The maximum Gasteiger partial charge on any atom is 0.191 e. The number of hydrogen-bond donors (Lipinski definition) is 2. The van der Waals surface area contributed by atoms with Gasteiger partial charge in [0, 0.05) is 47.5 Å². The quantitative estimate of drug-likeness (QED) is 0.418. The molecule has 0 aromatic rings. The second kappa shape index (κ2) is 13.5. The topological polar surface area (TPSA) is 66.0 Å². The normalized spacial score (nSPS) is 23.7. The molecule has 0 amide bonds. The first-order valence-electron chi connectivity index (χ1n) is 10.2. The molecule has 7 heteroatoms. The Morgan fingerprint density at radius 2 is 2.08 bits per heavy atom. The van der Waals surface area contributed by atoms with Crippen LogP contribution in [0.25, 0.3) is 0 Å². The van der Waals surface area contributed by atoms with E-state index in [4.69, 9.17) is 9.73 Å². The molecular formula is C19H40N4O2S. The van der Waals surface area contributed by atoms with Gasteiger partial charge in [0.25, 0.3) is 0 Å². The molecule has 0 aliphatic heterocycles. The lowest BCUT2D eigenvalue weighted by molar-refractivity contribution is 0.0582. The molecule has 0 spiro atoms. The predicted molar refractivity (Wildman–Crippen MR) is 112 cm³/mol. The van der Waals surface area contributed by atoms with Gasteiger partial charge < -0.3 is 20.3 Å². The van der Waals surface area contributed by atoms with Crippen molar-refractivity contribution in [3.63, 3.8) is 0 Å². The lowest BCUT2D eigenvalue weighted by Gasteiger charge is -2.30. The van der Waals surface area contributed by atoms with Gasteiger partial charge in [-0.15, -0.1) is 0 Å². The number of ether oxygens (including phenoxy) is 1. The lowest BCUT2D eigenvalue weighted by Crippen LogP contribution is -2.47. The van der Waals surface area contributed by atoms with Crippen molar-refractivity contribution in [2.24, 2.45) is 4.99 Å². The van der Waals surface area contributed by atoms with Crippen LogP contribution in [0, 0.1) is 0 Å². The van der Waals surface area contributed by atoms with E-state index in [1.807, 2.05) is 13.8 Å². The van der Waals surface area contributed by atoms with Crippen molar-refractivity contribution >= 4 is 16.8 Å². The Hall–Kier alpha value is -0.660. The molecule has 2 N–H and O–H groups in total. The Kier molecular flexibility index (Phi) is 12.1. The zero-order valence-corrected chi connectivity index (χ0v) is 18.2. The Labute approximate surface area is 163 Å². The Morgan fingerprint density at radius 3 is 2.69 bits per heavy atom. The van der Waals surface area contributed by atoms with Crippen molar-refractivity contribution in [1.29, 1.82) is 0 Å². The highest BCUT2D eigenvalue weighted by atomic mass is 32.2. The minimum Gasteiger partial charge on any atom is -0.377 e. The van der Waals surface area contributed by atoms with Crippen LogP contribution in [0.3, 0.4) is 0 Å². The maximum atomic E-state index is 12.2. The summed E-state index contributed by atoms with van der Waals surface area (Å²) >= 11 is 0. The van der Waals surface area contributed by atoms with Gasteiger partial charge in [0.2, 0.25) is 0 Å². The fraction of sp³-hybridized carbons (Fsp3) is 0.947. The van der Waals surface area contributed by atoms with Crippen LogP contribution in [0.2, 0.25) is 0 Å². The molecule has 154 valence electrons. The average Bonchev–Trinajstić information content (AvgIpc) is 2.63. The SMILES string of the molecule is CCNC(=NCC(CCN(C)C)OCC)NC1CCCC(S(=O)CC)C1. The van der Waals surface area contributed by atoms with Crippen LogP contribution in [0.15, 0.2) is 4.99 Å². The van der Waals surface area contributed by atoms with Crippen molar-refractivity contribution in [2.45, 2.75) is 70.3 Å². The highest BCUT2D eigenvalue weighted by molar-refractivity contribution is 7.85. The van der Waals surface area contributed by atoms with E-state index in [2.05, 4.69) is 36.6 Å². The molecule has 1 fully saturated rings. The zero-order valence-electron chi connectivity index (χ0n) is 17.4. The van der Waals surface area contributed by atoms with Gasteiger partial charge in [-0.25, -0.2) is 0 Å². The van der Waals surface area contributed by atoms with Gasteiger partial charge >= 0.3 is 0 Å². The van der Waals surface area contributed by atoms with E-state index in [-0.39, 0.29) is 6.10 Å². The molecule has 0 aromatic carbocycles. The minimum atomic E-state index is -0.699. The van der Waals surface area contributed by atoms with Crippen molar-refractivity contribution in [1.82, 2.24) is 15.5 Å². The second-order valence-corrected chi connectivity index (χ2v) is 9.19. The molecular weight excluding hydrogens is 348 g/mol. The molecule has 4 unspecified atom stereocenters. The summed E-state index contributed by atoms with van der Waals surface area (Å²) in [6.07, 6.45) is 5.44. The van der Waals surface area contributed by atoms with Gasteiger partial charge in [-0.1, -0.05) is 13.3 Å².